The van der Waals surface area contributed by atoms with Crippen LogP contribution < -0.4 is 5.48 Å². The van der Waals surface area contributed by atoms with E-state index in [1.807, 2.05) is 20.8 Å². The van der Waals surface area contributed by atoms with E-state index in [4.69, 9.17) is 9.57 Å². The smallest absolute Gasteiger partial charge is 0.428 e. The van der Waals surface area contributed by atoms with Crippen molar-refractivity contribution in [1.29, 1.82) is 0 Å². The first-order valence-electron chi connectivity index (χ1n) is 7.54. The summed E-state index contributed by atoms with van der Waals surface area (Å²) >= 11 is 0. The quantitative estimate of drug-likeness (QED) is 0.786. The van der Waals surface area contributed by atoms with Gasteiger partial charge in [0, 0.05) is 26.2 Å². The normalized spacial score (nSPS) is 22.5. The van der Waals surface area contributed by atoms with E-state index < -0.39 is 5.60 Å². The van der Waals surface area contributed by atoms with Gasteiger partial charge in [-0.05, 0) is 40.0 Å². The number of hydroxylamine groups is 1. The molecule has 21 heavy (non-hydrogen) atoms. The van der Waals surface area contributed by atoms with E-state index in [0.717, 1.165) is 32.4 Å². The molecule has 0 saturated carbocycles. The van der Waals surface area contributed by atoms with Crippen molar-refractivity contribution in [2.24, 2.45) is 0 Å². The van der Waals surface area contributed by atoms with Gasteiger partial charge in [0.2, 0.25) is 0 Å². The first-order valence-corrected chi connectivity index (χ1v) is 7.54. The van der Waals surface area contributed by atoms with Crippen molar-refractivity contribution >= 4 is 12.2 Å². The summed E-state index contributed by atoms with van der Waals surface area (Å²) in [5, 5.41) is 0. The van der Waals surface area contributed by atoms with Crippen LogP contribution in [0.3, 0.4) is 0 Å². The molecule has 120 valence electrons. The van der Waals surface area contributed by atoms with Crippen LogP contribution in [0.4, 0.5) is 9.59 Å². The lowest BCUT2D eigenvalue weighted by Gasteiger charge is -2.24. The summed E-state index contributed by atoms with van der Waals surface area (Å²) in [6, 6.07) is -0.0379. The molecule has 2 aliphatic heterocycles. The first-order chi connectivity index (χ1) is 9.85. The number of carbonyl (C=O) groups excluding carboxylic acids is 2. The molecule has 2 rings (SSSR count). The van der Waals surface area contributed by atoms with Gasteiger partial charge in [0.1, 0.15) is 5.60 Å². The molecule has 0 aromatic rings. The van der Waals surface area contributed by atoms with Crippen molar-refractivity contribution < 1.29 is 19.2 Å². The SMILES string of the molecule is CC(C)(C)OC(=O)N1CC[C@H](NOC(=O)N2CCCC2)C1. The van der Waals surface area contributed by atoms with E-state index >= 15 is 0 Å². The predicted octanol–water partition coefficient (Wildman–Crippen LogP) is 1.73. The van der Waals surface area contributed by atoms with Gasteiger partial charge in [0.25, 0.3) is 0 Å². The lowest BCUT2D eigenvalue weighted by atomic mass is 10.2. The van der Waals surface area contributed by atoms with Crippen molar-refractivity contribution in [3.63, 3.8) is 0 Å². The van der Waals surface area contributed by atoms with Crippen molar-refractivity contribution in [2.75, 3.05) is 26.2 Å². The Labute approximate surface area is 125 Å². The maximum absolute atomic E-state index is 11.9. The third-order valence-electron chi connectivity index (χ3n) is 3.52. The van der Waals surface area contributed by atoms with E-state index in [1.165, 1.54) is 0 Å². The molecule has 1 atom stereocenters. The van der Waals surface area contributed by atoms with Gasteiger partial charge in [-0.2, -0.15) is 0 Å². The maximum atomic E-state index is 11.9. The fourth-order valence-corrected chi connectivity index (χ4v) is 2.45. The van der Waals surface area contributed by atoms with Crippen LogP contribution in [0.2, 0.25) is 0 Å². The van der Waals surface area contributed by atoms with Gasteiger partial charge in [-0.3, -0.25) is 0 Å². The van der Waals surface area contributed by atoms with E-state index in [2.05, 4.69) is 5.48 Å². The lowest BCUT2D eigenvalue weighted by molar-refractivity contribution is 0.0252. The van der Waals surface area contributed by atoms with Gasteiger partial charge in [-0.1, -0.05) is 0 Å². The highest BCUT2D eigenvalue weighted by atomic mass is 16.7. The Bertz CT molecular complexity index is 388. The molecule has 7 heteroatoms. The standard InChI is InChI=1S/C14H25N3O4/c1-14(2,3)20-12(18)17-9-6-11(10-17)15-21-13(19)16-7-4-5-8-16/h11,15H,4-10H2,1-3H3/t11-/m0/s1. The minimum atomic E-state index is -0.495. The Kier molecular flexibility index (Phi) is 4.92. The Morgan fingerprint density at radius 2 is 1.71 bits per heavy atom. The Balaban J connectivity index is 1.70. The number of hydrogen-bond acceptors (Lipinski definition) is 5. The third-order valence-corrected chi connectivity index (χ3v) is 3.52. The van der Waals surface area contributed by atoms with Gasteiger partial charge in [-0.15, -0.1) is 5.48 Å². The van der Waals surface area contributed by atoms with Crippen molar-refractivity contribution in [1.82, 2.24) is 15.3 Å². The number of rotatable bonds is 2. The highest BCUT2D eigenvalue weighted by Gasteiger charge is 2.31. The van der Waals surface area contributed by atoms with E-state index in [-0.39, 0.29) is 18.2 Å². The van der Waals surface area contributed by atoms with E-state index in [0.29, 0.717) is 13.1 Å². The number of ether oxygens (including phenoxy) is 1. The van der Waals surface area contributed by atoms with Gasteiger partial charge in [0.15, 0.2) is 0 Å². The van der Waals surface area contributed by atoms with Gasteiger partial charge in [-0.25, -0.2) is 9.59 Å². The Hall–Kier alpha value is -1.50. The average Bonchev–Trinajstić information content (AvgIpc) is 3.05. The van der Waals surface area contributed by atoms with Crippen LogP contribution in [-0.2, 0) is 9.57 Å². The molecule has 1 N–H and O–H groups in total. The molecule has 0 spiro atoms. The third kappa shape index (κ3) is 4.77. The molecule has 0 bridgehead atoms. The topological polar surface area (TPSA) is 71.1 Å². The Morgan fingerprint density at radius 1 is 1.05 bits per heavy atom. The molecule has 2 aliphatic rings. The summed E-state index contributed by atoms with van der Waals surface area (Å²) in [4.78, 5) is 32.1. The lowest BCUT2D eigenvalue weighted by Crippen LogP contribution is -2.40. The zero-order chi connectivity index (χ0) is 15.5. The molecule has 2 fully saturated rings. The molecule has 7 nitrogen and oxygen atoms in total. The molecule has 2 amide bonds. The summed E-state index contributed by atoms with van der Waals surface area (Å²) in [5.41, 5.74) is 2.27. The van der Waals surface area contributed by atoms with Crippen molar-refractivity contribution in [3.05, 3.63) is 0 Å². The predicted molar refractivity (Wildman–Crippen MR) is 76.6 cm³/mol. The highest BCUT2D eigenvalue weighted by Crippen LogP contribution is 2.15. The number of amides is 2. The summed E-state index contributed by atoms with van der Waals surface area (Å²) in [5.74, 6) is 0. The van der Waals surface area contributed by atoms with Crippen LogP contribution in [0.5, 0.6) is 0 Å². The van der Waals surface area contributed by atoms with Crippen LogP contribution in [-0.4, -0.2) is 59.8 Å². The van der Waals surface area contributed by atoms with E-state index in [1.54, 1.807) is 9.80 Å². The van der Waals surface area contributed by atoms with Gasteiger partial charge in [0.05, 0.1) is 6.04 Å². The fraction of sp³-hybridized carbons (Fsp3) is 0.857. The molecular weight excluding hydrogens is 274 g/mol. The van der Waals surface area contributed by atoms with Crippen LogP contribution in [0.25, 0.3) is 0 Å². The molecule has 0 aromatic carbocycles. The zero-order valence-corrected chi connectivity index (χ0v) is 13.1. The van der Waals surface area contributed by atoms with Gasteiger partial charge >= 0.3 is 12.2 Å². The summed E-state index contributed by atoms with van der Waals surface area (Å²) < 4.78 is 5.32. The molecule has 0 aromatic heterocycles. The van der Waals surface area contributed by atoms with Crippen LogP contribution in [0, 0.1) is 0 Å². The van der Waals surface area contributed by atoms with Crippen LogP contribution in [0.15, 0.2) is 0 Å². The second-order valence-corrected chi connectivity index (χ2v) is 6.59. The Morgan fingerprint density at radius 3 is 2.33 bits per heavy atom. The van der Waals surface area contributed by atoms with Crippen molar-refractivity contribution in [3.8, 4) is 0 Å². The molecule has 0 aliphatic carbocycles. The second-order valence-electron chi connectivity index (χ2n) is 6.59. The summed E-state index contributed by atoms with van der Waals surface area (Å²) in [7, 11) is 0. The minimum Gasteiger partial charge on any atom is -0.444 e. The fourth-order valence-electron chi connectivity index (χ4n) is 2.45. The summed E-state index contributed by atoms with van der Waals surface area (Å²) in [6.45, 7) is 8.14. The molecule has 2 saturated heterocycles. The molecular formula is C14H25N3O4. The zero-order valence-electron chi connectivity index (χ0n) is 13.1. The number of likely N-dealkylation sites (tertiary alicyclic amines) is 2. The first kappa shape index (κ1) is 15.9. The van der Waals surface area contributed by atoms with Crippen LogP contribution >= 0.6 is 0 Å². The number of nitrogens with one attached hydrogen (secondary N) is 1. The van der Waals surface area contributed by atoms with Gasteiger partial charge < -0.3 is 19.4 Å². The largest absolute Gasteiger partial charge is 0.444 e. The average molecular weight is 299 g/mol. The molecule has 2 heterocycles. The molecule has 0 unspecified atom stereocenters. The number of carbonyl (C=O) groups is 2. The number of hydrogen-bond donors (Lipinski definition) is 1. The second kappa shape index (κ2) is 6.51. The maximum Gasteiger partial charge on any atom is 0.428 e. The highest BCUT2D eigenvalue weighted by molar-refractivity contribution is 5.69. The number of nitrogens with zero attached hydrogens (tertiary/aromatic N) is 2. The molecule has 0 radical (unpaired) electrons. The van der Waals surface area contributed by atoms with Crippen molar-refractivity contribution in [2.45, 2.75) is 51.7 Å². The minimum absolute atomic E-state index is 0.0379. The van der Waals surface area contributed by atoms with E-state index in [9.17, 15) is 9.59 Å². The monoisotopic (exact) mass is 299 g/mol. The summed E-state index contributed by atoms with van der Waals surface area (Å²) in [6.07, 6.45) is 2.16. The van der Waals surface area contributed by atoms with Crippen LogP contribution in [0.1, 0.15) is 40.0 Å².